The summed E-state index contributed by atoms with van der Waals surface area (Å²) >= 11 is 0. The van der Waals surface area contributed by atoms with Gasteiger partial charge in [-0.2, -0.15) is 4.98 Å². The zero-order valence-corrected chi connectivity index (χ0v) is 22.9. The van der Waals surface area contributed by atoms with E-state index in [0.29, 0.717) is 11.4 Å². The van der Waals surface area contributed by atoms with Crippen LogP contribution >= 0.6 is 0 Å². The number of aromatic nitrogens is 4. The lowest BCUT2D eigenvalue weighted by atomic mass is 9.98. The van der Waals surface area contributed by atoms with Crippen LogP contribution in [0.25, 0.3) is 11.2 Å². The molecule has 1 aliphatic rings. The topological polar surface area (TPSA) is 329 Å². The molecule has 1 aliphatic heterocycles. The number of carboxylic acids is 2. The lowest BCUT2D eigenvalue weighted by molar-refractivity contribution is -0.248. The number of hydrogen-bond acceptors (Lipinski definition) is 15. The number of carbonyl (C=O) groups excluding carboxylic acids is 1. The number of nitrogens with two attached hydrogens (primary N) is 2. The molecule has 3 aromatic rings. The molecule has 1 aromatic carbocycles. The molecule has 6 atom stereocenters. The average Bonchev–Trinajstić information content (AvgIpc) is 2.99. The molecule has 3 heterocycles. The molecule has 238 valence electrons. The summed E-state index contributed by atoms with van der Waals surface area (Å²) in [6.45, 7) is -0.240. The van der Waals surface area contributed by atoms with Gasteiger partial charge >= 0.3 is 11.9 Å². The third-order valence-electron chi connectivity index (χ3n) is 6.31. The first kappa shape index (κ1) is 33.7. The van der Waals surface area contributed by atoms with Crippen LogP contribution in [0.3, 0.4) is 0 Å². The van der Waals surface area contributed by atoms with Crippen molar-refractivity contribution in [2.24, 2.45) is 5.73 Å². The van der Waals surface area contributed by atoms with E-state index in [4.69, 9.17) is 36.6 Å². The van der Waals surface area contributed by atoms with Crippen LogP contribution in [-0.4, -0.2) is 112 Å². The van der Waals surface area contributed by atoms with Crippen molar-refractivity contribution in [2.45, 2.75) is 56.1 Å². The molecule has 0 aliphatic carbocycles. The summed E-state index contributed by atoms with van der Waals surface area (Å²) in [5.41, 5.74) is 11.7. The minimum absolute atomic E-state index is 0.0524. The SMILES string of the molecule is N[C@H]1C(O)O[C@H](CO)[C@H](O)[C@@H]1O.Nc1nc2ncc(CNc3ccc(C(=O)N[C@@H](CCC(=O)O)C(=O)O)cc3)nc2c(=O)[nH]1. The van der Waals surface area contributed by atoms with Crippen molar-refractivity contribution < 1.29 is 49.8 Å². The first-order valence-electron chi connectivity index (χ1n) is 13.0. The quantitative estimate of drug-likeness (QED) is 0.106. The van der Waals surface area contributed by atoms with Gasteiger partial charge in [0.15, 0.2) is 17.5 Å². The molecule has 4 rings (SSSR count). The fourth-order valence-corrected chi connectivity index (χ4v) is 3.87. The van der Waals surface area contributed by atoms with Crippen LogP contribution < -0.4 is 27.7 Å². The van der Waals surface area contributed by atoms with Crippen molar-refractivity contribution in [3.8, 4) is 0 Å². The van der Waals surface area contributed by atoms with Crippen LogP contribution in [0.5, 0.6) is 0 Å². The van der Waals surface area contributed by atoms with Crippen molar-refractivity contribution in [3.05, 3.63) is 52.1 Å². The number of rotatable bonds is 10. The van der Waals surface area contributed by atoms with Gasteiger partial charge in [0.25, 0.3) is 11.5 Å². The second-order valence-corrected chi connectivity index (χ2v) is 9.52. The Bertz CT molecular complexity index is 1520. The highest BCUT2D eigenvalue weighted by Gasteiger charge is 2.41. The van der Waals surface area contributed by atoms with Gasteiger partial charge in [0.05, 0.1) is 31.1 Å². The zero-order chi connectivity index (χ0) is 32.6. The third kappa shape index (κ3) is 8.86. The van der Waals surface area contributed by atoms with E-state index in [-0.39, 0.29) is 42.1 Å². The zero-order valence-electron chi connectivity index (χ0n) is 22.9. The summed E-state index contributed by atoms with van der Waals surface area (Å²) in [5.74, 6) is -3.16. The van der Waals surface area contributed by atoms with Gasteiger partial charge in [-0.05, 0) is 30.7 Å². The number of nitrogen functional groups attached to an aromatic ring is 1. The molecule has 1 saturated heterocycles. The van der Waals surface area contributed by atoms with E-state index in [1.54, 1.807) is 12.1 Å². The molecule has 0 radical (unpaired) electrons. The fraction of sp³-hybridized carbons (Fsp3) is 0.400. The van der Waals surface area contributed by atoms with Crippen LogP contribution in [0.1, 0.15) is 28.9 Å². The van der Waals surface area contributed by atoms with Crippen molar-refractivity contribution in [2.75, 3.05) is 17.7 Å². The largest absolute Gasteiger partial charge is 0.481 e. The van der Waals surface area contributed by atoms with Gasteiger partial charge in [-0.25, -0.2) is 14.8 Å². The Morgan fingerprint density at radius 3 is 2.36 bits per heavy atom. The summed E-state index contributed by atoms with van der Waals surface area (Å²) in [7, 11) is 0. The van der Waals surface area contributed by atoms with E-state index in [2.05, 4.69) is 30.6 Å². The number of aromatic amines is 1. The number of aliphatic carboxylic acids is 2. The predicted molar refractivity (Wildman–Crippen MR) is 150 cm³/mol. The molecule has 0 bridgehead atoms. The van der Waals surface area contributed by atoms with E-state index in [1.807, 2.05) is 0 Å². The van der Waals surface area contributed by atoms with Crippen molar-refractivity contribution in [1.29, 1.82) is 0 Å². The lowest BCUT2D eigenvalue weighted by Gasteiger charge is -2.38. The standard InChI is InChI=1S/C19H19N7O6.C6H13NO5/c20-19-25-15-14(17(30)26-19)23-11(8-22-15)7-21-10-3-1-9(2-4-10)16(29)24-12(18(31)32)5-6-13(27)28;7-3-5(10)4(9)2(1-8)12-6(3)11/h1-4,8,12,21H,5-7H2,(H,24,29)(H,27,28)(H,31,32)(H3,20,22,25,26,30);2-6,8-11H,1,7H2/t12-;2-,3-,4+,5-,6?/m01/s1. The number of ether oxygens (including phenoxy) is 1. The second kappa shape index (κ2) is 15.1. The van der Waals surface area contributed by atoms with Crippen LogP contribution in [0.15, 0.2) is 35.3 Å². The van der Waals surface area contributed by atoms with Gasteiger partial charge in [-0.3, -0.25) is 19.4 Å². The number of nitrogens with one attached hydrogen (secondary N) is 3. The number of aliphatic hydroxyl groups is 4. The highest BCUT2D eigenvalue weighted by Crippen LogP contribution is 2.18. The van der Waals surface area contributed by atoms with E-state index >= 15 is 0 Å². The lowest BCUT2D eigenvalue weighted by Crippen LogP contribution is -2.61. The first-order chi connectivity index (χ1) is 20.8. The van der Waals surface area contributed by atoms with Crippen molar-refractivity contribution in [3.63, 3.8) is 0 Å². The molecule has 1 fully saturated rings. The number of nitrogens with zero attached hydrogens (tertiary/aromatic N) is 3. The smallest absolute Gasteiger partial charge is 0.326 e. The highest BCUT2D eigenvalue weighted by atomic mass is 16.6. The Balaban J connectivity index is 0.000000369. The molecule has 2 aromatic heterocycles. The Morgan fingerprint density at radius 1 is 1.07 bits per heavy atom. The van der Waals surface area contributed by atoms with Gasteiger partial charge in [0.1, 0.15) is 24.4 Å². The van der Waals surface area contributed by atoms with E-state index in [1.165, 1.54) is 18.3 Å². The van der Waals surface area contributed by atoms with Gasteiger partial charge < -0.3 is 57.5 Å². The molecule has 1 amide bonds. The minimum Gasteiger partial charge on any atom is -0.481 e. The molecule has 0 spiro atoms. The number of aliphatic hydroxyl groups excluding tert-OH is 4. The summed E-state index contributed by atoms with van der Waals surface area (Å²) in [6, 6.07) is 3.82. The summed E-state index contributed by atoms with van der Waals surface area (Å²) in [5, 5.41) is 59.3. The number of carbonyl (C=O) groups is 3. The number of benzene rings is 1. The van der Waals surface area contributed by atoms with Crippen LogP contribution in [0, 0.1) is 0 Å². The number of anilines is 2. The Hall–Kier alpha value is -4.79. The van der Waals surface area contributed by atoms with Crippen molar-refractivity contribution >= 4 is 40.6 Å². The maximum absolute atomic E-state index is 12.3. The molecule has 44 heavy (non-hydrogen) atoms. The Kier molecular flexibility index (Phi) is 11.6. The van der Waals surface area contributed by atoms with E-state index in [0.717, 1.165) is 0 Å². The predicted octanol–water partition coefficient (Wildman–Crippen LogP) is -3.30. The van der Waals surface area contributed by atoms with Gasteiger partial charge in [-0.1, -0.05) is 0 Å². The Labute approximate surface area is 247 Å². The van der Waals surface area contributed by atoms with Gasteiger partial charge in [-0.15, -0.1) is 0 Å². The normalized spacial score (nSPS) is 21.9. The third-order valence-corrected chi connectivity index (χ3v) is 6.31. The van der Waals surface area contributed by atoms with Crippen LogP contribution in [0.2, 0.25) is 0 Å². The minimum atomic E-state index is -1.35. The molecular weight excluding hydrogens is 588 g/mol. The van der Waals surface area contributed by atoms with E-state index in [9.17, 15) is 29.4 Å². The monoisotopic (exact) mass is 620 g/mol. The summed E-state index contributed by atoms with van der Waals surface area (Å²) in [6.07, 6.45) is -4.01. The van der Waals surface area contributed by atoms with Crippen molar-refractivity contribution in [1.82, 2.24) is 25.3 Å². The van der Waals surface area contributed by atoms with Crippen LogP contribution in [-0.2, 0) is 20.9 Å². The van der Waals surface area contributed by atoms with Gasteiger partial charge in [0, 0.05) is 17.7 Å². The maximum atomic E-state index is 12.3. The second-order valence-electron chi connectivity index (χ2n) is 9.52. The molecule has 19 nitrogen and oxygen atoms in total. The molecule has 0 saturated carbocycles. The Morgan fingerprint density at radius 2 is 1.75 bits per heavy atom. The number of fused-ring (bicyclic) bond motifs is 1. The summed E-state index contributed by atoms with van der Waals surface area (Å²) in [4.78, 5) is 60.6. The van der Waals surface area contributed by atoms with E-state index < -0.39 is 66.7 Å². The molecule has 13 N–H and O–H groups in total. The first-order valence-corrected chi connectivity index (χ1v) is 13.0. The van der Waals surface area contributed by atoms with Crippen LogP contribution in [0.4, 0.5) is 11.6 Å². The average molecular weight is 621 g/mol. The number of carboxylic acid groups (broad SMARTS) is 2. The molecule has 19 heteroatoms. The maximum Gasteiger partial charge on any atom is 0.326 e. The number of H-pyrrole nitrogens is 1. The highest BCUT2D eigenvalue weighted by molar-refractivity contribution is 5.96. The summed E-state index contributed by atoms with van der Waals surface area (Å²) < 4.78 is 4.70. The molecule has 1 unspecified atom stereocenters. The number of hydrogen-bond donors (Lipinski definition) is 11. The molecular formula is C25H32N8O11. The fourth-order valence-electron chi connectivity index (χ4n) is 3.87. The number of amides is 1. The van der Waals surface area contributed by atoms with Gasteiger partial charge in [0.2, 0.25) is 5.95 Å².